The molecule has 1 aromatic carbocycles. The van der Waals surface area contributed by atoms with Gasteiger partial charge in [0.2, 0.25) is 0 Å². The van der Waals surface area contributed by atoms with E-state index in [1.807, 2.05) is 54.8 Å². The first-order chi connectivity index (χ1) is 15.6. The number of amides is 1. The lowest BCUT2D eigenvalue weighted by Gasteiger charge is -2.26. The van der Waals surface area contributed by atoms with Gasteiger partial charge in [-0.1, -0.05) is 0 Å². The van der Waals surface area contributed by atoms with Crippen LogP contribution in [0.25, 0.3) is 5.65 Å². The topological polar surface area (TPSA) is 68.1 Å². The predicted octanol–water partition coefficient (Wildman–Crippen LogP) is 4.08. The van der Waals surface area contributed by atoms with E-state index in [0.717, 1.165) is 68.5 Å². The molecule has 1 aliphatic rings. The van der Waals surface area contributed by atoms with Gasteiger partial charge in [-0.25, -0.2) is 4.98 Å². The molecule has 3 aromatic rings. The van der Waals surface area contributed by atoms with E-state index in [0.29, 0.717) is 17.8 Å². The molecule has 32 heavy (non-hydrogen) atoms. The Labute approximate surface area is 189 Å². The minimum absolute atomic E-state index is 0.168. The minimum Gasteiger partial charge on any atom is -0.494 e. The molecule has 0 bridgehead atoms. The van der Waals surface area contributed by atoms with Gasteiger partial charge in [-0.3, -0.25) is 9.69 Å². The maximum Gasteiger partial charge on any atom is 0.259 e. The quantitative estimate of drug-likeness (QED) is 0.512. The molecule has 1 N–H and O–H groups in total. The fraction of sp³-hybridized carbons (Fsp3) is 0.440. The van der Waals surface area contributed by atoms with Crippen LogP contribution in [0, 0.1) is 13.8 Å². The van der Waals surface area contributed by atoms with Gasteiger partial charge in [0.05, 0.1) is 25.4 Å². The molecule has 0 unspecified atom stereocenters. The van der Waals surface area contributed by atoms with Crippen molar-refractivity contribution in [3.63, 3.8) is 0 Å². The average molecular weight is 437 g/mol. The lowest BCUT2D eigenvalue weighted by molar-refractivity contribution is 0.0370. The second-order valence-electron chi connectivity index (χ2n) is 8.30. The summed E-state index contributed by atoms with van der Waals surface area (Å²) >= 11 is 0. The Morgan fingerprint density at radius 2 is 1.88 bits per heavy atom. The van der Waals surface area contributed by atoms with E-state index in [2.05, 4.69) is 15.2 Å². The molecule has 1 saturated heterocycles. The lowest BCUT2D eigenvalue weighted by atomic mass is 10.2. The van der Waals surface area contributed by atoms with Crippen LogP contribution in [0.1, 0.15) is 41.0 Å². The highest BCUT2D eigenvalue weighted by Gasteiger charge is 2.14. The van der Waals surface area contributed by atoms with Crippen molar-refractivity contribution in [2.24, 2.45) is 0 Å². The van der Waals surface area contributed by atoms with Crippen molar-refractivity contribution in [2.75, 3.05) is 44.8 Å². The maximum atomic E-state index is 12.8. The van der Waals surface area contributed by atoms with E-state index >= 15 is 0 Å². The summed E-state index contributed by atoms with van der Waals surface area (Å²) in [4.78, 5) is 19.8. The zero-order chi connectivity index (χ0) is 22.3. The Morgan fingerprint density at radius 1 is 1.09 bits per heavy atom. The number of ether oxygens (including phenoxy) is 2. The number of hydrogen-bond acceptors (Lipinski definition) is 5. The van der Waals surface area contributed by atoms with Crippen LogP contribution in [0.15, 0.2) is 42.6 Å². The smallest absolute Gasteiger partial charge is 0.259 e. The number of aryl methyl sites for hydroxylation is 2. The van der Waals surface area contributed by atoms with E-state index in [1.54, 1.807) is 6.07 Å². The van der Waals surface area contributed by atoms with E-state index < -0.39 is 0 Å². The van der Waals surface area contributed by atoms with Gasteiger partial charge < -0.3 is 19.2 Å². The molecule has 170 valence electrons. The van der Waals surface area contributed by atoms with Gasteiger partial charge >= 0.3 is 0 Å². The lowest BCUT2D eigenvalue weighted by Crippen LogP contribution is -2.36. The zero-order valence-corrected chi connectivity index (χ0v) is 19.0. The first-order valence-electron chi connectivity index (χ1n) is 11.4. The second-order valence-corrected chi connectivity index (χ2v) is 8.30. The monoisotopic (exact) mass is 436 g/mol. The zero-order valence-electron chi connectivity index (χ0n) is 19.0. The summed E-state index contributed by atoms with van der Waals surface area (Å²) in [5.41, 5.74) is 3.92. The number of hydrogen-bond donors (Lipinski definition) is 1. The largest absolute Gasteiger partial charge is 0.494 e. The van der Waals surface area contributed by atoms with Crippen molar-refractivity contribution in [3.05, 3.63) is 59.5 Å². The summed E-state index contributed by atoms with van der Waals surface area (Å²) in [7, 11) is 0. The molecule has 3 heterocycles. The fourth-order valence-corrected chi connectivity index (χ4v) is 4.03. The second kappa shape index (κ2) is 10.6. The Bertz CT molecular complexity index is 1040. The summed E-state index contributed by atoms with van der Waals surface area (Å²) in [6.45, 7) is 9.61. The predicted molar refractivity (Wildman–Crippen MR) is 126 cm³/mol. The third-order valence-corrected chi connectivity index (χ3v) is 5.79. The molecule has 0 spiro atoms. The molecule has 2 aromatic heterocycles. The number of carbonyl (C=O) groups is 1. The number of benzene rings is 1. The van der Waals surface area contributed by atoms with Crippen LogP contribution in [0.5, 0.6) is 5.75 Å². The molecule has 1 amide bonds. The first-order valence-corrected chi connectivity index (χ1v) is 11.4. The van der Waals surface area contributed by atoms with Crippen LogP contribution in [-0.4, -0.2) is 59.6 Å². The summed E-state index contributed by atoms with van der Waals surface area (Å²) in [5.74, 6) is 0.650. The summed E-state index contributed by atoms with van der Waals surface area (Å²) in [6.07, 6.45) is 5.27. The molecule has 0 radical (unpaired) electrons. The van der Waals surface area contributed by atoms with Crippen molar-refractivity contribution in [3.8, 4) is 5.75 Å². The van der Waals surface area contributed by atoms with Crippen molar-refractivity contribution in [2.45, 2.75) is 33.1 Å². The van der Waals surface area contributed by atoms with Crippen LogP contribution >= 0.6 is 0 Å². The van der Waals surface area contributed by atoms with E-state index in [1.165, 1.54) is 6.42 Å². The van der Waals surface area contributed by atoms with Gasteiger partial charge in [0.1, 0.15) is 11.4 Å². The van der Waals surface area contributed by atoms with E-state index in [9.17, 15) is 4.79 Å². The van der Waals surface area contributed by atoms with Gasteiger partial charge in [-0.05, 0) is 76.1 Å². The summed E-state index contributed by atoms with van der Waals surface area (Å²) < 4.78 is 13.2. The van der Waals surface area contributed by atoms with Gasteiger partial charge in [0.15, 0.2) is 0 Å². The molecule has 1 fully saturated rings. The highest BCUT2D eigenvalue weighted by Crippen LogP contribution is 2.19. The third-order valence-electron chi connectivity index (χ3n) is 5.79. The Balaban J connectivity index is 1.22. The molecule has 0 saturated carbocycles. The number of nitrogens with one attached hydrogen (secondary N) is 1. The van der Waals surface area contributed by atoms with Crippen LogP contribution < -0.4 is 10.1 Å². The average Bonchev–Trinajstić information content (AvgIpc) is 3.22. The fourth-order valence-electron chi connectivity index (χ4n) is 4.03. The third kappa shape index (κ3) is 5.66. The number of nitrogens with zero attached hydrogens (tertiary/aromatic N) is 3. The van der Waals surface area contributed by atoms with Crippen LogP contribution in [0.3, 0.4) is 0 Å². The van der Waals surface area contributed by atoms with Gasteiger partial charge in [0.25, 0.3) is 5.91 Å². The van der Waals surface area contributed by atoms with Crippen molar-refractivity contribution in [1.29, 1.82) is 0 Å². The summed E-state index contributed by atoms with van der Waals surface area (Å²) in [5, 5.41) is 2.96. The molecular weight excluding hydrogens is 404 g/mol. The highest BCUT2D eigenvalue weighted by molar-refractivity contribution is 6.08. The normalized spacial score (nSPS) is 14.6. The Morgan fingerprint density at radius 3 is 2.66 bits per heavy atom. The standard InChI is InChI=1S/C25H32N4O3/c1-19-18-20(2)29-12-10-23(24(29)26-19)25(30)27-21-6-8-22(9-7-21)32-15-5-3-4-11-28-13-16-31-17-14-28/h6-10,12,18H,3-5,11,13-17H2,1-2H3,(H,27,30). The van der Waals surface area contributed by atoms with Crippen molar-refractivity contribution >= 4 is 17.2 Å². The highest BCUT2D eigenvalue weighted by atomic mass is 16.5. The number of rotatable bonds is 9. The number of aromatic nitrogens is 2. The van der Waals surface area contributed by atoms with E-state index in [4.69, 9.17) is 9.47 Å². The van der Waals surface area contributed by atoms with E-state index in [-0.39, 0.29) is 5.91 Å². The molecular formula is C25H32N4O3. The molecule has 0 atom stereocenters. The Hall–Kier alpha value is -2.90. The van der Waals surface area contributed by atoms with Crippen molar-refractivity contribution in [1.82, 2.24) is 14.3 Å². The van der Waals surface area contributed by atoms with Crippen molar-refractivity contribution < 1.29 is 14.3 Å². The molecule has 0 aliphatic carbocycles. The number of fused-ring (bicyclic) bond motifs is 1. The minimum atomic E-state index is -0.168. The van der Waals surface area contributed by atoms with Crippen LogP contribution in [0.4, 0.5) is 5.69 Å². The number of carbonyl (C=O) groups excluding carboxylic acids is 1. The molecule has 4 rings (SSSR count). The van der Waals surface area contributed by atoms with Gasteiger partial charge in [-0.15, -0.1) is 0 Å². The van der Waals surface area contributed by atoms with Gasteiger partial charge in [-0.2, -0.15) is 0 Å². The summed E-state index contributed by atoms with van der Waals surface area (Å²) in [6, 6.07) is 11.3. The maximum absolute atomic E-state index is 12.8. The van der Waals surface area contributed by atoms with Crippen LogP contribution in [0.2, 0.25) is 0 Å². The first kappa shape index (κ1) is 22.3. The molecule has 7 nitrogen and oxygen atoms in total. The SMILES string of the molecule is Cc1cc(C)n2ccc(C(=O)Nc3ccc(OCCCCCN4CCOCC4)cc3)c2n1. The van der Waals surface area contributed by atoms with Crippen LogP contribution in [-0.2, 0) is 4.74 Å². The molecule has 1 aliphatic heterocycles. The number of anilines is 1. The van der Waals surface area contributed by atoms with Gasteiger partial charge in [0, 0.05) is 36.4 Å². The molecule has 7 heteroatoms. The number of morpholine rings is 1. The number of unbranched alkanes of at least 4 members (excludes halogenated alkanes) is 2. The Kier molecular flexibility index (Phi) is 7.39.